The van der Waals surface area contributed by atoms with Gasteiger partial charge in [-0.3, -0.25) is 0 Å². The Morgan fingerprint density at radius 3 is 1.67 bits per heavy atom. The number of benzene rings is 3. The molecule has 3 aromatic carbocycles. The molecule has 6 N–H and O–H groups in total. The molecular weight excluding hydrogens is 296 g/mol. The molecule has 0 spiro atoms. The lowest BCUT2D eigenvalue weighted by atomic mass is 10.1. The van der Waals surface area contributed by atoms with Gasteiger partial charge in [-0.25, -0.2) is 0 Å². The van der Waals surface area contributed by atoms with E-state index in [9.17, 15) is 0 Å². The first-order valence-electron chi connectivity index (χ1n) is 7.92. The maximum atomic E-state index is 5.83. The molecular formula is C20H22N4. The van der Waals surface area contributed by atoms with Crippen LogP contribution in [0.1, 0.15) is 11.1 Å². The molecule has 0 unspecified atom stereocenters. The Kier molecular flexibility index (Phi) is 4.68. The van der Waals surface area contributed by atoms with Gasteiger partial charge < -0.3 is 22.1 Å². The van der Waals surface area contributed by atoms with Crippen molar-refractivity contribution < 1.29 is 0 Å². The summed E-state index contributed by atoms with van der Waals surface area (Å²) in [6, 6.07) is 24.1. The van der Waals surface area contributed by atoms with Crippen molar-refractivity contribution in [3.05, 3.63) is 83.9 Å². The largest absolute Gasteiger partial charge is 0.399 e. The third-order valence-corrected chi connectivity index (χ3v) is 3.98. The van der Waals surface area contributed by atoms with Gasteiger partial charge in [0.15, 0.2) is 0 Å². The molecule has 0 aliphatic heterocycles. The second-order valence-corrected chi connectivity index (χ2v) is 5.79. The summed E-state index contributed by atoms with van der Waals surface area (Å²) in [4.78, 5) is 2.23. The fraction of sp³-hybridized carbons (Fsp3) is 0.100. The Labute approximate surface area is 142 Å². The van der Waals surface area contributed by atoms with E-state index in [1.54, 1.807) is 0 Å². The van der Waals surface area contributed by atoms with Gasteiger partial charge in [-0.05, 0) is 59.7 Å². The van der Waals surface area contributed by atoms with Crippen LogP contribution in [0.4, 0.5) is 22.7 Å². The van der Waals surface area contributed by atoms with Gasteiger partial charge >= 0.3 is 0 Å². The van der Waals surface area contributed by atoms with Gasteiger partial charge in [-0.15, -0.1) is 0 Å². The van der Waals surface area contributed by atoms with Gasteiger partial charge in [0.2, 0.25) is 0 Å². The van der Waals surface area contributed by atoms with Crippen molar-refractivity contribution in [3.63, 3.8) is 0 Å². The number of hydrogen-bond donors (Lipinski definition) is 3. The third-order valence-electron chi connectivity index (χ3n) is 3.98. The van der Waals surface area contributed by atoms with Crippen molar-refractivity contribution in [3.8, 4) is 0 Å². The maximum Gasteiger partial charge on any atom is 0.0481 e. The van der Waals surface area contributed by atoms with E-state index in [1.165, 1.54) is 5.56 Å². The molecule has 0 saturated heterocycles. The molecule has 0 aliphatic carbocycles. The Hall–Kier alpha value is -2.98. The summed E-state index contributed by atoms with van der Waals surface area (Å²) < 4.78 is 0. The van der Waals surface area contributed by atoms with E-state index in [-0.39, 0.29) is 0 Å². The lowest BCUT2D eigenvalue weighted by Gasteiger charge is -2.26. The van der Waals surface area contributed by atoms with Gasteiger partial charge in [0.1, 0.15) is 0 Å². The fourth-order valence-electron chi connectivity index (χ4n) is 2.68. The highest BCUT2D eigenvalue weighted by Crippen LogP contribution is 2.29. The number of hydrogen-bond acceptors (Lipinski definition) is 4. The lowest BCUT2D eigenvalue weighted by Crippen LogP contribution is -2.16. The quantitative estimate of drug-likeness (QED) is 0.627. The summed E-state index contributed by atoms with van der Waals surface area (Å²) in [5, 5.41) is 0. The Morgan fingerprint density at radius 1 is 0.667 bits per heavy atom. The van der Waals surface area contributed by atoms with Crippen molar-refractivity contribution in [2.75, 3.05) is 16.4 Å². The summed E-state index contributed by atoms with van der Waals surface area (Å²) in [6.07, 6.45) is 0. The second kappa shape index (κ2) is 7.06. The van der Waals surface area contributed by atoms with Gasteiger partial charge in [0.05, 0.1) is 0 Å². The zero-order valence-corrected chi connectivity index (χ0v) is 13.5. The van der Waals surface area contributed by atoms with Gasteiger partial charge in [0, 0.05) is 35.8 Å². The van der Waals surface area contributed by atoms with Crippen LogP contribution in [-0.4, -0.2) is 0 Å². The number of nitrogen functional groups attached to an aromatic ring is 2. The second-order valence-electron chi connectivity index (χ2n) is 5.79. The average molecular weight is 318 g/mol. The van der Waals surface area contributed by atoms with Gasteiger partial charge in [-0.1, -0.05) is 24.3 Å². The predicted molar refractivity (Wildman–Crippen MR) is 102 cm³/mol. The van der Waals surface area contributed by atoms with Crippen LogP contribution in [0.3, 0.4) is 0 Å². The van der Waals surface area contributed by atoms with Crippen LogP contribution >= 0.6 is 0 Å². The van der Waals surface area contributed by atoms with Gasteiger partial charge in [-0.2, -0.15) is 0 Å². The van der Waals surface area contributed by atoms with Crippen molar-refractivity contribution in [1.82, 2.24) is 0 Å². The third kappa shape index (κ3) is 3.67. The molecule has 0 atom stereocenters. The van der Waals surface area contributed by atoms with Crippen LogP contribution < -0.4 is 22.1 Å². The number of rotatable bonds is 5. The number of nitrogens with zero attached hydrogens (tertiary/aromatic N) is 1. The van der Waals surface area contributed by atoms with Crippen molar-refractivity contribution >= 4 is 22.7 Å². The monoisotopic (exact) mass is 318 g/mol. The standard InChI is InChI=1S/C20H22N4/c21-13-15-2-1-3-16(12-15)14-24(19-8-4-17(22)5-9-19)20-10-6-18(23)7-11-20/h1-12H,13-14,21-23H2. The highest BCUT2D eigenvalue weighted by molar-refractivity contribution is 5.66. The molecule has 0 fully saturated rings. The Bertz CT molecular complexity index is 749. The minimum Gasteiger partial charge on any atom is -0.399 e. The van der Waals surface area contributed by atoms with E-state index < -0.39 is 0 Å². The summed E-state index contributed by atoms with van der Waals surface area (Å²) >= 11 is 0. The summed E-state index contributed by atoms with van der Waals surface area (Å²) in [7, 11) is 0. The minimum absolute atomic E-state index is 0.539. The van der Waals surface area contributed by atoms with Crippen molar-refractivity contribution in [2.45, 2.75) is 13.1 Å². The van der Waals surface area contributed by atoms with Crippen LogP contribution in [0.2, 0.25) is 0 Å². The smallest absolute Gasteiger partial charge is 0.0481 e. The SMILES string of the molecule is NCc1cccc(CN(c2ccc(N)cc2)c2ccc(N)cc2)c1. The molecule has 0 radical (unpaired) electrons. The average Bonchev–Trinajstić information content (AvgIpc) is 2.62. The molecule has 4 heteroatoms. The predicted octanol–water partition coefficient (Wildman–Crippen LogP) is 3.65. The summed E-state index contributed by atoms with van der Waals surface area (Å²) in [5.74, 6) is 0. The van der Waals surface area contributed by atoms with E-state index in [0.717, 1.165) is 34.9 Å². The molecule has 0 bridgehead atoms. The van der Waals surface area contributed by atoms with Crippen LogP contribution in [0.15, 0.2) is 72.8 Å². The first kappa shape index (κ1) is 15.9. The highest BCUT2D eigenvalue weighted by atomic mass is 15.1. The molecule has 3 rings (SSSR count). The summed E-state index contributed by atoms with van der Waals surface area (Å²) in [6.45, 7) is 1.28. The molecule has 4 nitrogen and oxygen atoms in total. The van der Waals surface area contributed by atoms with E-state index in [2.05, 4.69) is 17.0 Å². The normalized spacial score (nSPS) is 10.5. The van der Waals surface area contributed by atoms with Crippen LogP contribution in [0.5, 0.6) is 0 Å². The molecule has 0 amide bonds. The van der Waals surface area contributed by atoms with Crippen molar-refractivity contribution in [2.24, 2.45) is 5.73 Å². The molecule has 122 valence electrons. The molecule has 3 aromatic rings. The Balaban J connectivity index is 1.97. The highest BCUT2D eigenvalue weighted by Gasteiger charge is 2.10. The van der Waals surface area contributed by atoms with Crippen LogP contribution in [0.25, 0.3) is 0 Å². The molecule has 0 aliphatic rings. The van der Waals surface area contributed by atoms with E-state index >= 15 is 0 Å². The van der Waals surface area contributed by atoms with Crippen LogP contribution in [0, 0.1) is 0 Å². The van der Waals surface area contributed by atoms with E-state index in [0.29, 0.717) is 6.54 Å². The summed E-state index contributed by atoms with van der Waals surface area (Å²) in [5.41, 5.74) is 23.4. The molecule has 0 aromatic heterocycles. The topological polar surface area (TPSA) is 81.3 Å². The zero-order chi connectivity index (χ0) is 16.9. The first-order chi connectivity index (χ1) is 11.7. The first-order valence-corrected chi connectivity index (χ1v) is 7.92. The van der Waals surface area contributed by atoms with Crippen molar-refractivity contribution in [1.29, 1.82) is 0 Å². The lowest BCUT2D eigenvalue weighted by molar-refractivity contribution is 0.964. The molecule has 0 saturated carbocycles. The number of nitrogens with two attached hydrogens (primary N) is 3. The van der Waals surface area contributed by atoms with E-state index in [4.69, 9.17) is 17.2 Å². The number of anilines is 4. The maximum absolute atomic E-state index is 5.83. The Morgan fingerprint density at radius 2 is 1.17 bits per heavy atom. The molecule has 0 heterocycles. The fourth-order valence-corrected chi connectivity index (χ4v) is 2.68. The zero-order valence-electron chi connectivity index (χ0n) is 13.5. The van der Waals surface area contributed by atoms with Crippen LogP contribution in [-0.2, 0) is 13.1 Å². The van der Waals surface area contributed by atoms with Gasteiger partial charge in [0.25, 0.3) is 0 Å². The van der Waals surface area contributed by atoms with E-state index in [1.807, 2.05) is 60.7 Å². The minimum atomic E-state index is 0.539. The molecule has 24 heavy (non-hydrogen) atoms.